The van der Waals surface area contributed by atoms with Crippen molar-refractivity contribution in [1.29, 1.82) is 0 Å². The largest absolute Gasteiger partial charge is 0.239 e. The summed E-state index contributed by atoms with van der Waals surface area (Å²) in [6, 6.07) is 7.50. The molecule has 6 heteroatoms. The highest BCUT2D eigenvalue weighted by Gasteiger charge is 2.00. The number of para-hydroxylation sites is 1. The van der Waals surface area contributed by atoms with E-state index in [1.807, 2.05) is 24.3 Å². The van der Waals surface area contributed by atoms with Crippen molar-refractivity contribution in [3.63, 3.8) is 0 Å². The van der Waals surface area contributed by atoms with Crippen molar-refractivity contribution in [2.75, 3.05) is 0 Å². The molecule has 2 rings (SSSR count). The number of benzene rings is 1. The lowest BCUT2D eigenvalue weighted by atomic mass is 10.3. The van der Waals surface area contributed by atoms with Crippen LogP contribution in [0, 0.1) is 0 Å². The summed E-state index contributed by atoms with van der Waals surface area (Å²) in [5.41, 5.74) is 9.81. The van der Waals surface area contributed by atoms with E-state index < -0.39 is 0 Å². The molecular weight excluding hydrogens is 168 g/mol. The average molecular weight is 174 g/mol. The average Bonchev–Trinajstić information content (AvgIpc) is 2.58. The summed E-state index contributed by atoms with van der Waals surface area (Å²) in [5.74, 6) is 0. The number of nitrogens with zero attached hydrogens (tertiary/aromatic N) is 6. The lowest BCUT2D eigenvalue weighted by molar-refractivity contribution is 0.624. The minimum absolute atomic E-state index is 0.178. The topological polar surface area (TPSA) is 79.5 Å². The molecule has 0 N–H and O–H groups in total. The van der Waals surface area contributed by atoms with Crippen molar-refractivity contribution >= 4 is 11.0 Å². The minimum Gasteiger partial charge on any atom is -0.239 e. The van der Waals surface area contributed by atoms with E-state index in [0.717, 1.165) is 11.0 Å². The molecular formula is C7H6N6. The van der Waals surface area contributed by atoms with Gasteiger partial charge in [0.05, 0.1) is 5.52 Å². The predicted octanol–water partition coefficient (Wildman–Crippen LogP) is 1.70. The molecule has 1 aromatic heterocycles. The van der Waals surface area contributed by atoms with Crippen LogP contribution in [-0.4, -0.2) is 15.0 Å². The number of aromatic nitrogens is 3. The molecule has 0 saturated carbocycles. The quantitative estimate of drug-likeness (QED) is 0.394. The summed E-state index contributed by atoms with van der Waals surface area (Å²) < 4.78 is 1.55. The maximum atomic E-state index is 8.13. The van der Waals surface area contributed by atoms with Gasteiger partial charge in [-0.25, -0.2) is 4.68 Å². The summed E-state index contributed by atoms with van der Waals surface area (Å²) in [7, 11) is 0. The Bertz CT molecular complexity index is 467. The Morgan fingerprint density at radius 3 is 3.15 bits per heavy atom. The smallest absolute Gasteiger partial charge is 0.122 e. The molecule has 1 heterocycles. The molecule has 0 bridgehead atoms. The standard InChI is InChI=1S/C7H6N6/c8-11-9-5-13-7-4-2-1-3-6(7)10-12-13/h1-4H,5H2. The second-order valence-corrected chi connectivity index (χ2v) is 2.45. The van der Waals surface area contributed by atoms with Gasteiger partial charge in [-0.15, -0.1) is 5.10 Å². The van der Waals surface area contributed by atoms with Crippen LogP contribution >= 0.6 is 0 Å². The van der Waals surface area contributed by atoms with E-state index >= 15 is 0 Å². The zero-order valence-electron chi connectivity index (χ0n) is 6.70. The van der Waals surface area contributed by atoms with Crippen LogP contribution in [0.2, 0.25) is 0 Å². The third kappa shape index (κ3) is 1.30. The molecule has 64 valence electrons. The summed E-state index contributed by atoms with van der Waals surface area (Å²) >= 11 is 0. The van der Waals surface area contributed by atoms with E-state index in [-0.39, 0.29) is 6.67 Å². The van der Waals surface area contributed by atoms with Gasteiger partial charge >= 0.3 is 0 Å². The molecule has 0 saturated heterocycles. The third-order valence-electron chi connectivity index (χ3n) is 1.68. The van der Waals surface area contributed by atoms with Crippen LogP contribution in [0.15, 0.2) is 29.4 Å². The normalized spacial score (nSPS) is 9.85. The molecule has 13 heavy (non-hydrogen) atoms. The second-order valence-electron chi connectivity index (χ2n) is 2.45. The van der Waals surface area contributed by atoms with Gasteiger partial charge in [-0.2, -0.15) is 0 Å². The van der Waals surface area contributed by atoms with Crippen molar-refractivity contribution in [2.24, 2.45) is 5.11 Å². The van der Waals surface area contributed by atoms with Gasteiger partial charge in [0.15, 0.2) is 0 Å². The first-order valence-electron chi connectivity index (χ1n) is 3.71. The van der Waals surface area contributed by atoms with Gasteiger partial charge in [0, 0.05) is 4.91 Å². The van der Waals surface area contributed by atoms with Crippen molar-refractivity contribution in [3.8, 4) is 0 Å². The van der Waals surface area contributed by atoms with Gasteiger partial charge < -0.3 is 0 Å². The zero-order chi connectivity index (χ0) is 9.10. The molecule has 0 radical (unpaired) electrons. The number of fused-ring (bicyclic) bond motifs is 1. The van der Waals surface area contributed by atoms with E-state index in [9.17, 15) is 0 Å². The molecule has 0 atom stereocenters. The van der Waals surface area contributed by atoms with E-state index in [4.69, 9.17) is 5.53 Å². The molecule has 0 amide bonds. The van der Waals surface area contributed by atoms with Crippen LogP contribution in [0.1, 0.15) is 0 Å². The van der Waals surface area contributed by atoms with Crippen molar-refractivity contribution in [3.05, 3.63) is 34.7 Å². The van der Waals surface area contributed by atoms with Crippen LogP contribution < -0.4 is 0 Å². The maximum absolute atomic E-state index is 8.13. The molecule has 2 aromatic rings. The lowest BCUT2D eigenvalue weighted by Crippen LogP contribution is -1.96. The molecule has 1 aromatic carbocycles. The Morgan fingerprint density at radius 1 is 1.46 bits per heavy atom. The SMILES string of the molecule is [N-]=[N+]=NCn1nnc2ccccc21. The van der Waals surface area contributed by atoms with E-state index in [2.05, 4.69) is 20.3 Å². The van der Waals surface area contributed by atoms with E-state index in [1.54, 1.807) is 4.68 Å². The van der Waals surface area contributed by atoms with Crippen LogP contribution in [-0.2, 0) is 6.67 Å². The van der Waals surface area contributed by atoms with Gasteiger partial charge in [0.25, 0.3) is 0 Å². The lowest BCUT2D eigenvalue weighted by Gasteiger charge is -1.93. The van der Waals surface area contributed by atoms with E-state index in [1.165, 1.54) is 0 Å². The Kier molecular flexibility index (Phi) is 1.82. The maximum Gasteiger partial charge on any atom is 0.122 e. The molecule has 0 aliphatic carbocycles. The fourth-order valence-electron chi connectivity index (χ4n) is 1.11. The molecule has 0 fully saturated rings. The van der Waals surface area contributed by atoms with E-state index in [0.29, 0.717) is 0 Å². The van der Waals surface area contributed by atoms with Gasteiger partial charge in [0.2, 0.25) is 0 Å². The Morgan fingerprint density at radius 2 is 2.31 bits per heavy atom. The van der Waals surface area contributed by atoms with Crippen molar-refractivity contribution < 1.29 is 0 Å². The molecule has 0 unspecified atom stereocenters. The van der Waals surface area contributed by atoms with Crippen LogP contribution in [0.3, 0.4) is 0 Å². The van der Waals surface area contributed by atoms with Gasteiger partial charge in [-0.05, 0) is 17.7 Å². The first-order valence-corrected chi connectivity index (χ1v) is 3.71. The van der Waals surface area contributed by atoms with Crippen molar-refractivity contribution in [1.82, 2.24) is 15.0 Å². The zero-order valence-corrected chi connectivity index (χ0v) is 6.70. The minimum atomic E-state index is 0.178. The fourth-order valence-corrected chi connectivity index (χ4v) is 1.11. The highest BCUT2D eigenvalue weighted by molar-refractivity contribution is 5.73. The predicted molar refractivity (Wildman–Crippen MR) is 46.7 cm³/mol. The summed E-state index contributed by atoms with van der Waals surface area (Å²) in [6.45, 7) is 0.178. The van der Waals surface area contributed by atoms with Gasteiger partial charge in [0.1, 0.15) is 12.2 Å². The third-order valence-corrected chi connectivity index (χ3v) is 1.68. The first-order chi connectivity index (χ1) is 6.42. The van der Waals surface area contributed by atoms with Gasteiger partial charge in [-0.3, -0.25) is 0 Å². The summed E-state index contributed by atoms with van der Waals surface area (Å²) in [6.07, 6.45) is 0. The van der Waals surface area contributed by atoms with Crippen LogP contribution in [0.25, 0.3) is 21.5 Å². The highest BCUT2D eigenvalue weighted by Crippen LogP contribution is 2.09. The monoisotopic (exact) mass is 174 g/mol. The number of hydrogen-bond donors (Lipinski definition) is 0. The number of hydrogen-bond acceptors (Lipinski definition) is 3. The molecule has 0 spiro atoms. The van der Waals surface area contributed by atoms with Crippen molar-refractivity contribution in [2.45, 2.75) is 6.67 Å². The van der Waals surface area contributed by atoms with Gasteiger partial charge in [-0.1, -0.05) is 22.5 Å². The Labute approximate surface area is 73.4 Å². The molecule has 0 aliphatic rings. The summed E-state index contributed by atoms with van der Waals surface area (Å²) in [5, 5.41) is 11.1. The highest BCUT2D eigenvalue weighted by atomic mass is 15.5. The Balaban J connectivity index is 2.51. The van der Waals surface area contributed by atoms with Crippen LogP contribution in [0.4, 0.5) is 0 Å². The number of azide groups is 1. The second kappa shape index (κ2) is 3.12. The van der Waals surface area contributed by atoms with Crippen LogP contribution in [0.5, 0.6) is 0 Å². The molecule has 6 nitrogen and oxygen atoms in total. The number of rotatable bonds is 2. The molecule has 0 aliphatic heterocycles. The Hall–Kier alpha value is -2.07. The first kappa shape index (κ1) is 7.57. The fraction of sp³-hybridized carbons (Fsp3) is 0.143. The summed E-state index contributed by atoms with van der Waals surface area (Å²) in [4.78, 5) is 2.65.